The summed E-state index contributed by atoms with van der Waals surface area (Å²) in [5.74, 6) is 0.900. The summed E-state index contributed by atoms with van der Waals surface area (Å²) in [6.07, 6.45) is 6.07. The highest BCUT2D eigenvalue weighted by Gasteiger charge is 2.48. The van der Waals surface area contributed by atoms with Gasteiger partial charge < -0.3 is 19.2 Å². The first-order valence-corrected chi connectivity index (χ1v) is 12.3. The number of aromatic nitrogens is 1. The predicted molar refractivity (Wildman–Crippen MR) is 131 cm³/mol. The molecule has 6 nitrogen and oxygen atoms in total. The zero-order valence-corrected chi connectivity index (χ0v) is 20.2. The van der Waals surface area contributed by atoms with Gasteiger partial charge in [-0.25, -0.2) is 0 Å². The van der Waals surface area contributed by atoms with Crippen LogP contribution in [0.1, 0.15) is 61.1 Å². The molecule has 0 radical (unpaired) electrons. The Morgan fingerprint density at radius 3 is 2.53 bits per heavy atom. The molecule has 2 aliphatic rings. The summed E-state index contributed by atoms with van der Waals surface area (Å²) >= 11 is 0. The fraction of sp³-hybridized carbons (Fsp3) is 0.429. The van der Waals surface area contributed by atoms with E-state index in [9.17, 15) is 9.59 Å². The molecule has 0 spiro atoms. The molecular formula is C28H33N3O3. The van der Waals surface area contributed by atoms with Crippen molar-refractivity contribution in [1.29, 1.82) is 0 Å². The quantitative estimate of drug-likeness (QED) is 0.573. The number of aryl methyl sites for hydroxylation is 1. The molecule has 5 rings (SSSR count). The first-order chi connectivity index (χ1) is 16.4. The molecule has 34 heavy (non-hydrogen) atoms. The highest BCUT2D eigenvalue weighted by atomic mass is 16.3. The van der Waals surface area contributed by atoms with Crippen LogP contribution in [0.15, 0.2) is 59.2 Å². The molecule has 0 bridgehead atoms. The molecule has 0 saturated heterocycles. The third kappa shape index (κ3) is 3.95. The van der Waals surface area contributed by atoms with E-state index in [1.165, 1.54) is 6.42 Å². The van der Waals surface area contributed by atoms with Gasteiger partial charge in [-0.15, -0.1) is 0 Å². The van der Waals surface area contributed by atoms with Crippen LogP contribution in [-0.4, -0.2) is 32.9 Å². The van der Waals surface area contributed by atoms with Crippen molar-refractivity contribution in [3.05, 3.63) is 71.6 Å². The second kappa shape index (κ2) is 8.82. The molecule has 1 aromatic carbocycles. The Hall–Kier alpha value is -3.28. The Kier molecular flexibility index (Phi) is 5.84. The Morgan fingerprint density at radius 1 is 1.09 bits per heavy atom. The molecule has 1 saturated carbocycles. The van der Waals surface area contributed by atoms with Crippen LogP contribution in [0.4, 0.5) is 0 Å². The molecule has 3 aromatic rings. The molecule has 1 aliphatic carbocycles. The number of amides is 2. The van der Waals surface area contributed by atoms with Crippen molar-refractivity contribution in [2.24, 2.45) is 5.92 Å². The number of furan rings is 1. The first-order valence-electron chi connectivity index (χ1n) is 12.3. The van der Waals surface area contributed by atoms with Crippen LogP contribution >= 0.6 is 0 Å². The number of hydrogen-bond donors (Lipinski definition) is 1. The number of carbonyl (C=O) groups excluding carboxylic acids is 2. The molecule has 3 heterocycles. The van der Waals surface area contributed by atoms with Crippen LogP contribution in [0.25, 0.3) is 11.5 Å². The van der Waals surface area contributed by atoms with Crippen molar-refractivity contribution in [2.75, 3.05) is 0 Å². The second-order valence-corrected chi connectivity index (χ2v) is 10.2. The van der Waals surface area contributed by atoms with Gasteiger partial charge >= 0.3 is 0 Å². The minimum Gasteiger partial charge on any atom is -0.463 e. The summed E-state index contributed by atoms with van der Waals surface area (Å²) in [5, 5.41) is 3.33. The van der Waals surface area contributed by atoms with Crippen LogP contribution in [0.3, 0.4) is 0 Å². The van der Waals surface area contributed by atoms with Crippen molar-refractivity contribution >= 4 is 11.8 Å². The average molecular weight is 460 g/mol. The molecule has 1 aliphatic heterocycles. The van der Waals surface area contributed by atoms with E-state index in [-0.39, 0.29) is 17.9 Å². The van der Waals surface area contributed by atoms with Crippen molar-refractivity contribution in [3.8, 4) is 11.5 Å². The van der Waals surface area contributed by atoms with E-state index in [0.717, 1.165) is 36.1 Å². The minimum absolute atomic E-state index is 0.0866. The highest BCUT2D eigenvalue weighted by molar-refractivity contribution is 6.00. The predicted octanol–water partition coefficient (Wildman–Crippen LogP) is 5.17. The van der Waals surface area contributed by atoms with E-state index in [1.807, 2.05) is 66.9 Å². The monoisotopic (exact) mass is 459 g/mol. The second-order valence-electron chi connectivity index (χ2n) is 10.2. The molecule has 2 aromatic heterocycles. The van der Waals surface area contributed by atoms with E-state index >= 15 is 0 Å². The molecule has 0 unspecified atom stereocenters. The highest BCUT2D eigenvalue weighted by Crippen LogP contribution is 2.35. The van der Waals surface area contributed by atoms with Gasteiger partial charge in [-0.05, 0) is 62.4 Å². The van der Waals surface area contributed by atoms with Crippen LogP contribution in [0.5, 0.6) is 0 Å². The molecular weight excluding hydrogens is 426 g/mol. The minimum atomic E-state index is -1.04. The largest absolute Gasteiger partial charge is 0.463 e. The lowest BCUT2D eigenvalue weighted by Crippen LogP contribution is -2.65. The summed E-state index contributed by atoms with van der Waals surface area (Å²) in [6.45, 7) is 6.90. The summed E-state index contributed by atoms with van der Waals surface area (Å²) in [4.78, 5) is 29.5. The first kappa shape index (κ1) is 22.5. The van der Waals surface area contributed by atoms with E-state index in [4.69, 9.17) is 4.42 Å². The molecule has 1 N–H and O–H groups in total. The van der Waals surface area contributed by atoms with E-state index in [2.05, 4.69) is 12.2 Å². The van der Waals surface area contributed by atoms with Gasteiger partial charge in [0.25, 0.3) is 5.91 Å². The van der Waals surface area contributed by atoms with E-state index < -0.39 is 5.54 Å². The topological polar surface area (TPSA) is 67.5 Å². The number of carbonyl (C=O) groups is 2. The van der Waals surface area contributed by atoms with Gasteiger partial charge in [-0.3, -0.25) is 9.59 Å². The molecule has 6 heteroatoms. The lowest BCUT2D eigenvalue weighted by Gasteiger charge is -2.45. The van der Waals surface area contributed by atoms with E-state index in [1.54, 1.807) is 11.2 Å². The smallest absolute Gasteiger partial charge is 0.271 e. The fourth-order valence-electron chi connectivity index (χ4n) is 5.39. The van der Waals surface area contributed by atoms with Crippen LogP contribution in [0.2, 0.25) is 0 Å². The number of fused-ring (bicyclic) bond motifs is 1. The lowest BCUT2D eigenvalue weighted by molar-refractivity contribution is -0.134. The maximum absolute atomic E-state index is 13.9. The van der Waals surface area contributed by atoms with Crippen LogP contribution in [-0.2, 0) is 17.9 Å². The lowest BCUT2D eigenvalue weighted by atomic mass is 9.85. The molecule has 178 valence electrons. The summed E-state index contributed by atoms with van der Waals surface area (Å²) in [6, 6.07) is 15.8. The van der Waals surface area contributed by atoms with Gasteiger partial charge in [0.15, 0.2) is 0 Å². The number of nitrogens with zero attached hydrogens (tertiary/aromatic N) is 2. The average Bonchev–Trinajstić information content (AvgIpc) is 3.49. The normalized spacial score (nSPS) is 24.7. The Bertz CT molecular complexity index is 1180. The zero-order chi connectivity index (χ0) is 23.9. The number of hydrogen-bond acceptors (Lipinski definition) is 3. The van der Waals surface area contributed by atoms with Crippen LogP contribution < -0.4 is 5.32 Å². The summed E-state index contributed by atoms with van der Waals surface area (Å²) < 4.78 is 7.57. The third-order valence-corrected chi connectivity index (χ3v) is 7.66. The van der Waals surface area contributed by atoms with E-state index in [0.29, 0.717) is 30.5 Å². The van der Waals surface area contributed by atoms with Gasteiger partial charge in [0.05, 0.1) is 18.5 Å². The number of benzene rings is 1. The van der Waals surface area contributed by atoms with Gasteiger partial charge in [-0.1, -0.05) is 49.6 Å². The Morgan fingerprint density at radius 2 is 1.82 bits per heavy atom. The molecule has 1 fully saturated rings. The van der Waals surface area contributed by atoms with Gasteiger partial charge in [0, 0.05) is 12.6 Å². The van der Waals surface area contributed by atoms with Gasteiger partial charge in [-0.2, -0.15) is 0 Å². The van der Waals surface area contributed by atoms with Gasteiger partial charge in [0.2, 0.25) is 5.91 Å². The molecule has 3 atom stereocenters. The Balaban J connectivity index is 1.52. The number of rotatable bonds is 5. The van der Waals surface area contributed by atoms with Crippen LogP contribution in [0, 0.1) is 12.8 Å². The fourth-order valence-corrected chi connectivity index (χ4v) is 5.39. The maximum atomic E-state index is 13.9. The van der Waals surface area contributed by atoms with Crippen molar-refractivity contribution in [2.45, 2.75) is 71.1 Å². The molecule has 2 amide bonds. The zero-order valence-electron chi connectivity index (χ0n) is 20.2. The summed E-state index contributed by atoms with van der Waals surface area (Å²) in [7, 11) is 0. The number of nitrogens with one attached hydrogen (secondary N) is 1. The standard InChI is InChI=1S/C28H33N3O3/c1-19-10-12-21(13-11-19)17-31-26(32)24-15-14-23(25-9-6-16-34-25)30(24)18-28(31,3)27(33)29-22-8-5-4-7-20(22)2/h6,9-16,20,22H,4-5,7-8,17-18H2,1-3H3,(H,29,33)/t20-,22+,28+/m0/s1. The van der Waals surface area contributed by atoms with Crippen molar-refractivity contribution in [3.63, 3.8) is 0 Å². The van der Waals surface area contributed by atoms with Crippen molar-refractivity contribution in [1.82, 2.24) is 14.8 Å². The Labute approximate surface area is 200 Å². The summed E-state index contributed by atoms with van der Waals surface area (Å²) in [5.41, 5.74) is 2.53. The van der Waals surface area contributed by atoms with Gasteiger partial charge in [0.1, 0.15) is 17.0 Å². The SMILES string of the molecule is Cc1ccc(CN2C(=O)c3ccc(-c4ccco4)n3C[C@]2(C)C(=O)N[C@@H]2CCCC[C@@H]2C)cc1. The van der Waals surface area contributed by atoms with Crippen molar-refractivity contribution < 1.29 is 14.0 Å². The maximum Gasteiger partial charge on any atom is 0.271 e. The third-order valence-electron chi connectivity index (χ3n) is 7.66.